The number of hydrogen-bond donors (Lipinski definition) is 2. The maximum absolute atomic E-state index is 13.3. The normalized spacial score (nSPS) is 10.1. The molecule has 2 amide bonds. The first-order valence-electron chi connectivity index (χ1n) is 11.4. The number of benzene rings is 3. The average molecular weight is 487 g/mol. The standard InChI is InChI=1S/C28H26N2O6/c1-3-35-27(33)20-14-8-10-16-23(20)29-25(31)22(18-19-12-6-5-7-13-19)26(32)30-24-17-11-9-15-21(24)28(34)36-4-2/h5-18H,3-4H2,1-2H3,(H,29,31)(H,30,32). The Balaban J connectivity index is 1.95. The minimum Gasteiger partial charge on any atom is -0.462 e. The average Bonchev–Trinajstić information content (AvgIpc) is 2.88. The lowest BCUT2D eigenvalue weighted by Crippen LogP contribution is -2.27. The van der Waals surface area contributed by atoms with Crippen LogP contribution in [-0.4, -0.2) is 37.0 Å². The van der Waals surface area contributed by atoms with E-state index in [4.69, 9.17) is 9.47 Å². The van der Waals surface area contributed by atoms with Crippen LogP contribution in [0, 0.1) is 0 Å². The van der Waals surface area contributed by atoms with Crippen LogP contribution in [-0.2, 0) is 19.1 Å². The van der Waals surface area contributed by atoms with Crippen molar-refractivity contribution in [3.63, 3.8) is 0 Å². The summed E-state index contributed by atoms with van der Waals surface area (Å²) in [5.74, 6) is -2.70. The minimum atomic E-state index is -0.748. The van der Waals surface area contributed by atoms with E-state index in [2.05, 4.69) is 10.6 Å². The fourth-order valence-electron chi connectivity index (χ4n) is 3.29. The van der Waals surface area contributed by atoms with Crippen molar-refractivity contribution in [1.29, 1.82) is 0 Å². The molecule has 0 heterocycles. The van der Waals surface area contributed by atoms with Crippen molar-refractivity contribution in [2.45, 2.75) is 13.8 Å². The lowest BCUT2D eigenvalue weighted by molar-refractivity contribution is -0.118. The summed E-state index contributed by atoms with van der Waals surface area (Å²) in [7, 11) is 0. The van der Waals surface area contributed by atoms with Gasteiger partial charge in [0.1, 0.15) is 5.57 Å². The Labute approximate surface area is 208 Å². The molecule has 3 aromatic rings. The van der Waals surface area contributed by atoms with Gasteiger partial charge in [0.05, 0.1) is 35.7 Å². The van der Waals surface area contributed by atoms with Crippen LogP contribution < -0.4 is 10.6 Å². The van der Waals surface area contributed by atoms with Crippen LogP contribution in [0.3, 0.4) is 0 Å². The highest BCUT2D eigenvalue weighted by Gasteiger charge is 2.23. The van der Waals surface area contributed by atoms with E-state index in [1.165, 1.54) is 30.3 Å². The number of carbonyl (C=O) groups excluding carboxylic acids is 4. The van der Waals surface area contributed by atoms with E-state index < -0.39 is 23.8 Å². The Hall–Kier alpha value is -4.72. The van der Waals surface area contributed by atoms with E-state index in [1.807, 2.05) is 6.07 Å². The summed E-state index contributed by atoms with van der Waals surface area (Å²) in [5.41, 5.74) is 1.06. The number of carbonyl (C=O) groups is 4. The van der Waals surface area contributed by atoms with Crippen molar-refractivity contribution in [2.24, 2.45) is 0 Å². The predicted molar refractivity (Wildman–Crippen MR) is 136 cm³/mol. The molecule has 0 radical (unpaired) electrons. The van der Waals surface area contributed by atoms with Crippen molar-refractivity contribution in [2.75, 3.05) is 23.8 Å². The van der Waals surface area contributed by atoms with Crippen LogP contribution in [0.4, 0.5) is 11.4 Å². The first kappa shape index (κ1) is 25.9. The second-order valence-electron chi connectivity index (χ2n) is 7.41. The Bertz CT molecular complexity index is 1210. The van der Waals surface area contributed by atoms with E-state index in [9.17, 15) is 19.2 Å². The molecule has 0 unspecified atom stereocenters. The van der Waals surface area contributed by atoms with Gasteiger partial charge < -0.3 is 20.1 Å². The van der Waals surface area contributed by atoms with Gasteiger partial charge in [0, 0.05) is 0 Å². The number of rotatable bonds is 9. The van der Waals surface area contributed by atoms with E-state index in [0.717, 1.165) is 0 Å². The molecular formula is C28H26N2O6. The molecule has 3 rings (SSSR count). The van der Waals surface area contributed by atoms with E-state index >= 15 is 0 Å². The number of anilines is 2. The molecule has 0 aliphatic carbocycles. The van der Waals surface area contributed by atoms with Gasteiger partial charge in [-0.2, -0.15) is 0 Å². The van der Waals surface area contributed by atoms with Crippen LogP contribution in [0.15, 0.2) is 84.4 Å². The van der Waals surface area contributed by atoms with Gasteiger partial charge in [-0.05, 0) is 49.8 Å². The predicted octanol–water partition coefficient (Wildman–Crippen LogP) is 4.70. The van der Waals surface area contributed by atoms with Gasteiger partial charge in [-0.1, -0.05) is 54.6 Å². The third kappa shape index (κ3) is 6.66. The number of para-hydroxylation sites is 2. The Kier molecular flexibility index (Phi) is 9.11. The summed E-state index contributed by atoms with van der Waals surface area (Å²) in [4.78, 5) is 51.3. The van der Waals surface area contributed by atoms with Crippen molar-refractivity contribution in [3.8, 4) is 0 Å². The Morgan fingerprint density at radius 2 is 1.06 bits per heavy atom. The second-order valence-corrected chi connectivity index (χ2v) is 7.41. The van der Waals surface area contributed by atoms with Gasteiger partial charge in [0.15, 0.2) is 0 Å². The zero-order valence-electron chi connectivity index (χ0n) is 19.9. The lowest BCUT2D eigenvalue weighted by atomic mass is 10.1. The molecule has 0 fully saturated rings. The smallest absolute Gasteiger partial charge is 0.340 e. The first-order chi connectivity index (χ1) is 17.4. The van der Waals surface area contributed by atoms with Crippen molar-refractivity contribution < 1.29 is 28.7 Å². The molecule has 0 saturated heterocycles. The maximum Gasteiger partial charge on any atom is 0.340 e. The second kappa shape index (κ2) is 12.7. The van der Waals surface area contributed by atoms with Crippen LogP contribution in [0.25, 0.3) is 6.08 Å². The molecule has 36 heavy (non-hydrogen) atoms. The molecule has 0 spiro atoms. The van der Waals surface area contributed by atoms with Gasteiger partial charge in [0.2, 0.25) is 0 Å². The van der Waals surface area contributed by atoms with Crippen molar-refractivity contribution in [1.82, 2.24) is 0 Å². The molecule has 8 nitrogen and oxygen atoms in total. The largest absolute Gasteiger partial charge is 0.462 e. The number of amides is 2. The summed E-state index contributed by atoms with van der Waals surface area (Å²) >= 11 is 0. The van der Waals surface area contributed by atoms with Gasteiger partial charge in [-0.15, -0.1) is 0 Å². The zero-order chi connectivity index (χ0) is 25.9. The molecule has 0 atom stereocenters. The van der Waals surface area contributed by atoms with Crippen molar-refractivity contribution in [3.05, 3.63) is 101 Å². The minimum absolute atomic E-state index is 0.153. The molecule has 3 aromatic carbocycles. The summed E-state index contributed by atoms with van der Waals surface area (Å²) in [6.07, 6.45) is 1.42. The summed E-state index contributed by atoms with van der Waals surface area (Å²) < 4.78 is 10.1. The Morgan fingerprint density at radius 1 is 0.639 bits per heavy atom. The molecule has 0 aliphatic rings. The summed E-state index contributed by atoms with van der Waals surface area (Å²) in [5, 5.41) is 5.27. The summed E-state index contributed by atoms with van der Waals surface area (Å²) in [6, 6.07) is 21.5. The highest BCUT2D eigenvalue weighted by Crippen LogP contribution is 2.21. The molecule has 0 aliphatic heterocycles. The number of ether oxygens (including phenoxy) is 2. The fourth-order valence-corrected chi connectivity index (χ4v) is 3.29. The molecular weight excluding hydrogens is 460 g/mol. The molecule has 0 bridgehead atoms. The van der Waals surface area contributed by atoms with E-state index in [0.29, 0.717) is 5.56 Å². The lowest BCUT2D eigenvalue weighted by Gasteiger charge is -2.14. The molecule has 0 saturated carbocycles. The van der Waals surface area contributed by atoms with Crippen LogP contribution in [0.1, 0.15) is 40.1 Å². The zero-order valence-corrected chi connectivity index (χ0v) is 19.9. The molecule has 8 heteroatoms. The van der Waals surface area contributed by atoms with Gasteiger partial charge in [0.25, 0.3) is 11.8 Å². The Morgan fingerprint density at radius 3 is 1.50 bits per heavy atom. The highest BCUT2D eigenvalue weighted by atomic mass is 16.5. The topological polar surface area (TPSA) is 111 Å². The first-order valence-corrected chi connectivity index (χ1v) is 11.4. The molecule has 0 aromatic heterocycles. The number of hydrogen-bond acceptors (Lipinski definition) is 6. The number of nitrogens with one attached hydrogen (secondary N) is 2. The van der Waals surface area contributed by atoms with Gasteiger partial charge >= 0.3 is 11.9 Å². The van der Waals surface area contributed by atoms with E-state index in [1.54, 1.807) is 62.4 Å². The van der Waals surface area contributed by atoms with Crippen molar-refractivity contribution >= 4 is 41.2 Å². The third-order valence-electron chi connectivity index (χ3n) is 4.94. The van der Waals surface area contributed by atoms with Gasteiger partial charge in [-0.25, -0.2) is 9.59 Å². The third-order valence-corrected chi connectivity index (χ3v) is 4.94. The summed E-state index contributed by atoms with van der Waals surface area (Å²) in [6.45, 7) is 3.70. The quantitative estimate of drug-likeness (QED) is 0.196. The SMILES string of the molecule is CCOC(=O)c1ccccc1NC(=O)C(=Cc1ccccc1)C(=O)Nc1ccccc1C(=O)OCC. The fraction of sp³-hybridized carbons (Fsp3) is 0.143. The van der Waals surface area contributed by atoms with E-state index in [-0.39, 0.29) is 41.3 Å². The van der Waals surface area contributed by atoms with Crippen LogP contribution >= 0.6 is 0 Å². The maximum atomic E-state index is 13.3. The van der Waals surface area contributed by atoms with Crippen LogP contribution in [0.5, 0.6) is 0 Å². The van der Waals surface area contributed by atoms with Gasteiger partial charge in [-0.3, -0.25) is 9.59 Å². The molecule has 184 valence electrons. The molecule has 2 N–H and O–H groups in total. The number of esters is 2. The highest BCUT2D eigenvalue weighted by molar-refractivity contribution is 6.29. The van der Waals surface area contributed by atoms with Crippen LogP contribution in [0.2, 0.25) is 0 Å². The monoisotopic (exact) mass is 486 g/mol.